The molecule has 1 fully saturated rings. The highest BCUT2D eigenvalue weighted by Crippen LogP contribution is 2.44. The second kappa shape index (κ2) is 5.70. The fourth-order valence-corrected chi connectivity index (χ4v) is 3.31. The molecule has 0 aliphatic heterocycles. The molecule has 4 nitrogen and oxygen atoms in total. The third kappa shape index (κ3) is 3.13. The van der Waals surface area contributed by atoms with Gasteiger partial charge in [0.2, 0.25) is 0 Å². The van der Waals surface area contributed by atoms with E-state index in [0.717, 1.165) is 37.2 Å². The van der Waals surface area contributed by atoms with Gasteiger partial charge in [-0.05, 0) is 43.6 Å². The summed E-state index contributed by atoms with van der Waals surface area (Å²) in [5.74, 6) is 0.731. The normalized spacial score (nSPS) is 26.5. The predicted octanol–water partition coefficient (Wildman–Crippen LogP) is 3.29. The van der Waals surface area contributed by atoms with Gasteiger partial charge in [-0.3, -0.25) is 10.1 Å². The second-order valence-corrected chi connectivity index (χ2v) is 5.94. The fourth-order valence-electron chi connectivity index (χ4n) is 3.31. The summed E-state index contributed by atoms with van der Waals surface area (Å²) >= 11 is 0. The van der Waals surface area contributed by atoms with Gasteiger partial charge in [0.25, 0.3) is 5.69 Å². The van der Waals surface area contributed by atoms with Gasteiger partial charge < -0.3 is 5.73 Å². The molecule has 0 spiro atoms. The van der Waals surface area contributed by atoms with Crippen LogP contribution in [0.5, 0.6) is 0 Å². The standard InChI is InChI=1S/C15H22N2O2/c1-12-6-8-15(10-12,11-16)9-7-13-4-2-3-5-14(13)17(18)19/h2-5,12H,6-11,16H2,1H3. The van der Waals surface area contributed by atoms with Crippen molar-refractivity contribution >= 4 is 5.69 Å². The molecule has 1 aliphatic rings. The van der Waals surface area contributed by atoms with Crippen LogP contribution in [0.3, 0.4) is 0 Å². The van der Waals surface area contributed by atoms with Crippen LogP contribution in [0, 0.1) is 21.4 Å². The second-order valence-electron chi connectivity index (χ2n) is 5.94. The lowest BCUT2D eigenvalue weighted by Gasteiger charge is -2.27. The molecule has 0 amide bonds. The molecule has 0 bridgehead atoms. The van der Waals surface area contributed by atoms with Crippen LogP contribution < -0.4 is 5.73 Å². The van der Waals surface area contributed by atoms with Crippen molar-refractivity contribution in [2.45, 2.75) is 39.0 Å². The molecule has 0 aromatic heterocycles. The summed E-state index contributed by atoms with van der Waals surface area (Å²) in [6.07, 6.45) is 5.25. The zero-order valence-corrected chi connectivity index (χ0v) is 11.5. The molecule has 104 valence electrons. The smallest absolute Gasteiger partial charge is 0.272 e. The van der Waals surface area contributed by atoms with Crippen molar-refractivity contribution in [3.63, 3.8) is 0 Å². The number of benzene rings is 1. The van der Waals surface area contributed by atoms with Crippen LogP contribution in [0.25, 0.3) is 0 Å². The monoisotopic (exact) mass is 262 g/mol. The molecule has 1 saturated carbocycles. The van der Waals surface area contributed by atoms with Gasteiger partial charge in [-0.1, -0.05) is 31.5 Å². The van der Waals surface area contributed by atoms with Crippen molar-refractivity contribution in [2.24, 2.45) is 17.1 Å². The van der Waals surface area contributed by atoms with Gasteiger partial charge >= 0.3 is 0 Å². The quantitative estimate of drug-likeness (QED) is 0.654. The molecular formula is C15H22N2O2. The maximum absolute atomic E-state index is 11.0. The summed E-state index contributed by atoms with van der Waals surface area (Å²) in [5, 5.41) is 11.0. The molecule has 1 aromatic carbocycles. The van der Waals surface area contributed by atoms with Crippen LogP contribution in [0.2, 0.25) is 0 Å². The highest BCUT2D eigenvalue weighted by atomic mass is 16.6. The van der Waals surface area contributed by atoms with E-state index in [0.29, 0.717) is 6.54 Å². The number of hydrogen-bond donors (Lipinski definition) is 1. The van der Waals surface area contributed by atoms with E-state index in [9.17, 15) is 10.1 Å². The molecule has 2 unspecified atom stereocenters. The first kappa shape index (κ1) is 14.0. The van der Waals surface area contributed by atoms with Crippen LogP contribution in [0.4, 0.5) is 5.69 Å². The van der Waals surface area contributed by atoms with E-state index in [1.165, 1.54) is 6.42 Å². The highest BCUT2D eigenvalue weighted by molar-refractivity contribution is 5.39. The lowest BCUT2D eigenvalue weighted by atomic mass is 9.80. The highest BCUT2D eigenvalue weighted by Gasteiger charge is 2.36. The number of nitro groups is 1. The molecule has 0 saturated heterocycles. The van der Waals surface area contributed by atoms with E-state index >= 15 is 0 Å². The van der Waals surface area contributed by atoms with Gasteiger partial charge in [-0.25, -0.2) is 0 Å². The lowest BCUT2D eigenvalue weighted by Crippen LogP contribution is -2.28. The van der Waals surface area contributed by atoms with E-state index in [1.807, 2.05) is 12.1 Å². The van der Waals surface area contributed by atoms with Gasteiger partial charge in [0.1, 0.15) is 0 Å². The summed E-state index contributed by atoms with van der Waals surface area (Å²) < 4.78 is 0. The Morgan fingerprint density at radius 1 is 1.47 bits per heavy atom. The van der Waals surface area contributed by atoms with E-state index < -0.39 is 0 Å². The van der Waals surface area contributed by atoms with Crippen molar-refractivity contribution in [1.82, 2.24) is 0 Å². The number of nitrogens with zero attached hydrogens (tertiary/aromatic N) is 1. The van der Waals surface area contributed by atoms with E-state index in [4.69, 9.17) is 5.73 Å². The molecule has 1 aliphatic carbocycles. The molecule has 2 N–H and O–H groups in total. The molecular weight excluding hydrogens is 240 g/mol. The third-order valence-corrected chi connectivity index (χ3v) is 4.49. The maximum atomic E-state index is 11.0. The Hall–Kier alpha value is -1.42. The van der Waals surface area contributed by atoms with Crippen molar-refractivity contribution < 1.29 is 4.92 Å². The molecule has 0 radical (unpaired) electrons. The Balaban J connectivity index is 2.08. The SMILES string of the molecule is CC1CCC(CN)(CCc2ccccc2[N+](=O)[O-])C1. The number of para-hydroxylation sites is 1. The number of rotatable bonds is 5. The first-order valence-electron chi connectivity index (χ1n) is 6.99. The molecule has 4 heteroatoms. The van der Waals surface area contributed by atoms with Crippen LogP contribution in [-0.4, -0.2) is 11.5 Å². The Bertz CT molecular complexity index is 461. The number of hydrogen-bond acceptors (Lipinski definition) is 3. The zero-order chi connectivity index (χ0) is 13.9. The van der Waals surface area contributed by atoms with Gasteiger partial charge in [-0.15, -0.1) is 0 Å². The minimum absolute atomic E-state index is 0.198. The van der Waals surface area contributed by atoms with E-state index in [1.54, 1.807) is 12.1 Å². The minimum Gasteiger partial charge on any atom is -0.330 e. The Morgan fingerprint density at radius 2 is 2.21 bits per heavy atom. The van der Waals surface area contributed by atoms with E-state index in [-0.39, 0.29) is 16.0 Å². The Morgan fingerprint density at radius 3 is 2.79 bits per heavy atom. The topological polar surface area (TPSA) is 69.2 Å². The third-order valence-electron chi connectivity index (χ3n) is 4.49. The molecule has 19 heavy (non-hydrogen) atoms. The van der Waals surface area contributed by atoms with Crippen molar-refractivity contribution in [1.29, 1.82) is 0 Å². The average Bonchev–Trinajstić information content (AvgIpc) is 2.79. The summed E-state index contributed by atoms with van der Waals surface area (Å²) in [7, 11) is 0. The molecule has 2 atom stereocenters. The van der Waals surface area contributed by atoms with Crippen molar-refractivity contribution in [3.05, 3.63) is 39.9 Å². The van der Waals surface area contributed by atoms with Crippen LogP contribution in [0.15, 0.2) is 24.3 Å². The lowest BCUT2D eigenvalue weighted by molar-refractivity contribution is -0.385. The number of nitro benzene ring substituents is 1. The van der Waals surface area contributed by atoms with Crippen molar-refractivity contribution in [2.75, 3.05) is 6.54 Å². The largest absolute Gasteiger partial charge is 0.330 e. The van der Waals surface area contributed by atoms with Gasteiger partial charge in [0.05, 0.1) is 4.92 Å². The maximum Gasteiger partial charge on any atom is 0.272 e. The van der Waals surface area contributed by atoms with E-state index in [2.05, 4.69) is 6.92 Å². The van der Waals surface area contributed by atoms with Gasteiger partial charge in [0, 0.05) is 11.6 Å². The predicted molar refractivity (Wildman–Crippen MR) is 75.9 cm³/mol. The van der Waals surface area contributed by atoms with Crippen molar-refractivity contribution in [3.8, 4) is 0 Å². The summed E-state index contributed by atoms with van der Waals surface area (Å²) in [6.45, 7) is 2.96. The first-order valence-corrected chi connectivity index (χ1v) is 6.99. The number of aryl methyl sites for hydroxylation is 1. The number of nitrogens with two attached hydrogens (primary N) is 1. The Labute approximate surface area is 114 Å². The van der Waals surface area contributed by atoms with Crippen LogP contribution in [-0.2, 0) is 6.42 Å². The summed E-state index contributed by atoms with van der Waals surface area (Å²) in [5.41, 5.74) is 7.23. The average molecular weight is 262 g/mol. The van der Waals surface area contributed by atoms with Crippen LogP contribution >= 0.6 is 0 Å². The Kier molecular flexibility index (Phi) is 4.20. The zero-order valence-electron chi connectivity index (χ0n) is 11.5. The summed E-state index contributed by atoms with van der Waals surface area (Å²) in [6, 6.07) is 7.04. The fraction of sp³-hybridized carbons (Fsp3) is 0.600. The van der Waals surface area contributed by atoms with Gasteiger partial charge in [0.15, 0.2) is 0 Å². The minimum atomic E-state index is -0.290. The van der Waals surface area contributed by atoms with Gasteiger partial charge in [-0.2, -0.15) is 0 Å². The van der Waals surface area contributed by atoms with Crippen LogP contribution in [0.1, 0.15) is 38.2 Å². The molecule has 1 aromatic rings. The first-order chi connectivity index (χ1) is 9.06. The molecule has 2 rings (SSSR count). The summed E-state index contributed by atoms with van der Waals surface area (Å²) in [4.78, 5) is 10.7. The molecule has 0 heterocycles.